The summed E-state index contributed by atoms with van der Waals surface area (Å²) < 4.78 is 18.4. The lowest BCUT2D eigenvalue weighted by molar-refractivity contribution is 0.0775. The van der Waals surface area contributed by atoms with E-state index in [0.29, 0.717) is 30.0 Å². The van der Waals surface area contributed by atoms with E-state index in [2.05, 4.69) is 4.98 Å². The molecular formula is C19H16ClFN2O2. The molecule has 0 bridgehead atoms. The second-order valence-corrected chi connectivity index (χ2v) is 5.93. The summed E-state index contributed by atoms with van der Waals surface area (Å²) in [5.41, 5.74) is 1.18. The Morgan fingerprint density at radius 2 is 1.92 bits per heavy atom. The number of fused-ring (bicyclic) bond motifs is 1. The Morgan fingerprint density at radius 3 is 2.68 bits per heavy atom. The molecule has 0 N–H and O–H groups in total. The second kappa shape index (κ2) is 7.49. The fraction of sp³-hybridized carbons (Fsp3) is 0.158. The van der Waals surface area contributed by atoms with E-state index in [0.717, 1.165) is 5.39 Å². The fourth-order valence-electron chi connectivity index (χ4n) is 2.46. The number of ether oxygens (including phenoxy) is 1. The standard InChI is InChI=1S/C19H16ClFN2O2/c1-23(10-11-25-14-8-6-13(21)7-9-14)19(24)16-12-18(20)22-17-5-3-2-4-15(16)17/h2-9,12H,10-11H2,1H3. The molecule has 0 fully saturated rings. The van der Waals surface area contributed by atoms with Gasteiger partial charge in [-0.25, -0.2) is 9.37 Å². The SMILES string of the molecule is CN(CCOc1ccc(F)cc1)C(=O)c1cc(Cl)nc2ccccc12. The number of benzene rings is 2. The molecule has 3 aromatic rings. The molecule has 3 rings (SSSR count). The number of pyridine rings is 1. The van der Waals surface area contributed by atoms with Crippen molar-refractivity contribution < 1.29 is 13.9 Å². The first-order chi connectivity index (χ1) is 12.0. The molecule has 128 valence electrons. The van der Waals surface area contributed by atoms with Gasteiger partial charge in [0.05, 0.1) is 17.6 Å². The lowest BCUT2D eigenvalue weighted by atomic mass is 10.1. The van der Waals surface area contributed by atoms with Gasteiger partial charge in [-0.3, -0.25) is 4.79 Å². The summed E-state index contributed by atoms with van der Waals surface area (Å²) in [5, 5.41) is 1.03. The Labute approximate surface area is 149 Å². The van der Waals surface area contributed by atoms with Crippen LogP contribution >= 0.6 is 11.6 Å². The van der Waals surface area contributed by atoms with Crippen LogP contribution in [0.3, 0.4) is 0 Å². The van der Waals surface area contributed by atoms with E-state index >= 15 is 0 Å². The maximum absolute atomic E-state index is 12.9. The maximum Gasteiger partial charge on any atom is 0.254 e. The van der Waals surface area contributed by atoms with Crippen LogP contribution < -0.4 is 4.74 Å². The van der Waals surface area contributed by atoms with Gasteiger partial charge in [-0.1, -0.05) is 29.8 Å². The number of para-hydroxylation sites is 1. The van der Waals surface area contributed by atoms with Crippen molar-refractivity contribution in [3.05, 3.63) is 71.1 Å². The molecule has 0 radical (unpaired) electrons. The zero-order valence-corrected chi connectivity index (χ0v) is 14.3. The van der Waals surface area contributed by atoms with Gasteiger partial charge in [0.2, 0.25) is 0 Å². The molecule has 1 amide bonds. The largest absolute Gasteiger partial charge is 0.492 e. The Morgan fingerprint density at radius 1 is 1.20 bits per heavy atom. The molecule has 0 aliphatic rings. The van der Waals surface area contributed by atoms with Crippen molar-refractivity contribution in [1.29, 1.82) is 0 Å². The van der Waals surface area contributed by atoms with Crippen LogP contribution in [0.15, 0.2) is 54.6 Å². The first-order valence-electron chi connectivity index (χ1n) is 7.74. The van der Waals surface area contributed by atoms with Crippen molar-refractivity contribution >= 4 is 28.4 Å². The van der Waals surface area contributed by atoms with Crippen LogP contribution in [0, 0.1) is 5.82 Å². The number of carbonyl (C=O) groups is 1. The number of likely N-dealkylation sites (N-methyl/N-ethyl adjacent to an activating group) is 1. The summed E-state index contributed by atoms with van der Waals surface area (Å²) >= 11 is 6.03. The third kappa shape index (κ3) is 4.06. The van der Waals surface area contributed by atoms with E-state index in [9.17, 15) is 9.18 Å². The van der Waals surface area contributed by atoms with Crippen LogP contribution in [-0.2, 0) is 0 Å². The zero-order valence-electron chi connectivity index (χ0n) is 13.6. The third-order valence-electron chi connectivity index (χ3n) is 3.77. The number of nitrogens with zero attached hydrogens (tertiary/aromatic N) is 2. The summed E-state index contributed by atoms with van der Waals surface area (Å²) in [4.78, 5) is 18.5. The molecule has 0 aliphatic carbocycles. The van der Waals surface area contributed by atoms with Crippen molar-refractivity contribution in [3.8, 4) is 5.75 Å². The smallest absolute Gasteiger partial charge is 0.254 e. The Kier molecular flexibility index (Phi) is 5.14. The number of carbonyl (C=O) groups excluding carboxylic acids is 1. The first kappa shape index (κ1) is 17.2. The van der Waals surface area contributed by atoms with Gasteiger partial charge in [-0.2, -0.15) is 0 Å². The summed E-state index contributed by atoms with van der Waals surface area (Å²) in [6, 6.07) is 14.7. The number of hydrogen-bond acceptors (Lipinski definition) is 3. The quantitative estimate of drug-likeness (QED) is 0.643. The molecule has 0 unspecified atom stereocenters. The van der Waals surface area contributed by atoms with Crippen LogP contribution in [0.1, 0.15) is 10.4 Å². The van der Waals surface area contributed by atoms with Gasteiger partial charge >= 0.3 is 0 Å². The van der Waals surface area contributed by atoms with Gasteiger partial charge in [-0.05, 0) is 36.4 Å². The number of rotatable bonds is 5. The predicted octanol–water partition coefficient (Wildman–Crippen LogP) is 4.18. The van der Waals surface area contributed by atoms with Crippen molar-refractivity contribution in [1.82, 2.24) is 9.88 Å². The lowest BCUT2D eigenvalue weighted by Crippen LogP contribution is -2.31. The van der Waals surface area contributed by atoms with Gasteiger partial charge in [0.15, 0.2) is 0 Å². The van der Waals surface area contributed by atoms with Gasteiger partial charge in [0.25, 0.3) is 5.91 Å². The summed E-state index contributed by atoms with van der Waals surface area (Å²) in [6.45, 7) is 0.676. The highest BCUT2D eigenvalue weighted by Gasteiger charge is 2.16. The van der Waals surface area contributed by atoms with Crippen molar-refractivity contribution in [2.45, 2.75) is 0 Å². The molecule has 25 heavy (non-hydrogen) atoms. The summed E-state index contributed by atoms with van der Waals surface area (Å²) in [5.74, 6) is 0.0731. The first-order valence-corrected chi connectivity index (χ1v) is 8.11. The highest BCUT2D eigenvalue weighted by molar-refractivity contribution is 6.30. The topological polar surface area (TPSA) is 42.4 Å². The highest BCUT2D eigenvalue weighted by atomic mass is 35.5. The summed E-state index contributed by atoms with van der Waals surface area (Å²) in [7, 11) is 1.69. The summed E-state index contributed by atoms with van der Waals surface area (Å²) in [6.07, 6.45) is 0. The Bertz CT molecular complexity index is 900. The molecule has 6 heteroatoms. The molecule has 0 spiro atoms. The molecule has 2 aromatic carbocycles. The van der Waals surface area contributed by atoms with E-state index < -0.39 is 0 Å². The third-order valence-corrected chi connectivity index (χ3v) is 3.96. The van der Waals surface area contributed by atoms with E-state index in [1.807, 2.05) is 24.3 Å². The lowest BCUT2D eigenvalue weighted by Gasteiger charge is -2.18. The van der Waals surface area contributed by atoms with Gasteiger partial charge < -0.3 is 9.64 Å². The molecule has 4 nitrogen and oxygen atoms in total. The van der Waals surface area contributed by atoms with Crippen molar-refractivity contribution in [2.75, 3.05) is 20.2 Å². The van der Waals surface area contributed by atoms with Crippen molar-refractivity contribution in [3.63, 3.8) is 0 Å². The average molecular weight is 359 g/mol. The molecule has 1 heterocycles. The molecule has 0 atom stereocenters. The van der Waals surface area contributed by atoms with Crippen LogP contribution in [0.4, 0.5) is 4.39 Å². The van der Waals surface area contributed by atoms with Gasteiger partial charge in [0, 0.05) is 12.4 Å². The molecule has 0 saturated heterocycles. The average Bonchev–Trinajstić information content (AvgIpc) is 2.62. The number of halogens is 2. The molecule has 0 aliphatic heterocycles. The van der Waals surface area contributed by atoms with Crippen LogP contribution in [-0.4, -0.2) is 36.0 Å². The van der Waals surface area contributed by atoms with Crippen LogP contribution in [0.5, 0.6) is 5.75 Å². The molecule has 0 saturated carbocycles. The van der Waals surface area contributed by atoms with Gasteiger partial charge in [0.1, 0.15) is 23.3 Å². The van der Waals surface area contributed by atoms with Gasteiger partial charge in [-0.15, -0.1) is 0 Å². The van der Waals surface area contributed by atoms with E-state index in [1.54, 1.807) is 30.1 Å². The zero-order chi connectivity index (χ0) is 17.8. The maximum atomic E-state index is 12.9. The number of amides is 1. The van der Waals surface area contributed by atoms with E-state index in [-0.39, 0.29) is 16.9 Å². The van der Waals surface area contributed by atoms with Crippen LogP contribution in [0.2, 0.25) is 5.15 Å². The van der Waals surface area contributed by atoms with Crippen molar-refractivity contribution in [2.24, 2.45) is 0 Å². The normalized spacial score (nSPS) is 10.7. The predicted molar refractivity (Wildman–Crippen MR) is 95.6 cm³/mol. The molecular weight excluding hydrogens is 343 g/mol. The minimum atomic E-state index is -0.318. The van der Waals surface area contributed by atoms with E-state index in [1.165, 1.54) is 12.1 Å². The Balaban J connectivity index is 1.69. The monoisotopic (exact) mass is 358 g/mol. The number of aromatic nitrogens is 1. The second-order valence-electron chi connectivity index (χ2n) is 5.54. The minimum Gasteiger partial charge on any atom is -0.492 e. The fourth-order valence-corrected chi connectivity index (χ4v) is 2.66. The number of hydrogen-bond donors (Lipinski definition) is 0. The molecule has 1 aromatic heterocycles. The van der Waals surface area contributed by atoms with E-state index in [4.69, 9.17) is 16.3 Å². The van der Waals surface area contributed by atoms with Crippen LogP contribution in [0.25, 0.3) is 10.9 Å². The minimum absolute atomic E-state index is 0.164. The highest BCUT2D eigenvalue weighted by Crippen LogP contribution is 2.22. The Hall–Kier alpha value is -2.66.